The van der Waals surface area contributed by atoms with Crippen molar-refractivity contribution < 1.29 is 9.59 Å². The molecule has 2 aromatic rings. The lowest BCUT2D eigenvalue weighted by Gasteiger charge is -2.37. The third-order valence-corrected chi connectivity index (χ3v) is 6.58. The monoisotopic (exact) mass is 456 g/mol. The van der Waals surface area contributed by atoms with Crippen LogP contribution in [0.4, 0.5) is 5.69 Å². The number of carbonyl (C=O) groups is 2. The molecule has 0 saturated carbocycles. The average molecular weight is 457 g/mol. The van der Waals surface area contributed by atoms with Gasteiger partial charge in [-0.1, -0.05) is 55.2 Å². The number of carbonyl (C=O) groups excluding carboxylic acids is 2. The molecule has 2 aromatic carbocycles. The van der Waals surface area contributed by atoms with Gasteiger partial charge in [0, 0.05) is 23.1 Å². The first-order valence-electron chi connectivity index (χ1n) is 10.6. The van der Waals surface area contributed by atoms with Gasteiger partial charge in [-0.2, -0.15) is 0 Å². The zero-order chi connectivity index (χ0) is 22.4. The number of benzene rings is 2. The number of imide groups is 1. The maximum atomic E-state index is 13.7. The van der Waals surface area contributed by atoms with Crippen LogP contribution >= 0.6 is 23.2 Å². The largest absolute Gasteiger partial charge is 0.366 e. The van der Waals surface area contributed by atoms with Crippen LogP contribution in [0.2, 0.25) is 10.0 Å². The van der Waals surface area contributed by atoms with Crippen LogP contribution in [0.15, 0.2) is 42.1 Å². The van der Waals surface area contributed by atoms with Gasteiger partial charge in [-0.05, 0) is 67.0 Å². The maximum absolute atomic E-state index is 13.7. The molecule has 31 heavy (non-hydrogen) atoms. The summed E-state index contributed by atoms with van der Waals surface area (Å²) in [6, 6.07) is 10.7. The van der Waals surface area contributed by atoms with E-state index >= 15 is 0 Å². The lowest BCUT2D eigenvalue weighted by Crippen LogP contribution is -2.42. The molecule has 2 heterocycles. The Labute approximate surface area is 193 Å². The SMILES string of the molecule is Cc1ccc(C2=C(N3CC(C)CC(C)C3)C(=O)N(c3cc(Cl)cc(Cl)c3)C2=O)cc1C. The van der Waals surface area contributed by atoms with Crippen molar-refractivity contribution in [3.05, 3.63) is 68.8 Å². The summed E-state index contributed by atoms with van der Waals surface area (Å²) in [5, 5.41) is 0.758. The molecule has 0 bridgehead atoms. The number of likely N-dealkylation sites (tertiary alicyclic amines) is 1. The van der Waals surface area contributed by atoms with E-state index in [2.05, 4.69) is 18.7 Å². The Bertz CT molecular complexity index is 1080. The van der Waals surface area contributed by atoms with Crippen LogP contribution in [0, 0.1) is 25.7 Å². The number of rotatable bonds is 3. The van der Waals surface area contributed by atoms with Crippen molar-refractivity contribution in [2.45, 2.75) is 34.1 Å². The van der Waals surface area contributed by atoms with Crippen molar-refractivity contribution >= 4 is 46.3 Å². The van der Waals surface area contributed by atoms with Crippen molar-refractivity contribution in [1.29, 1.82) is 0 Å². The van der Waals surface area contributed by atoms with E-state index in [0.717, 1.165) is 36.2 Å². The topological polar surface area (TPSA) is 40.6 Å². The van der Waals surface area contributed by atoms with Gasteiger partial charge < -0.3 is 4.90 Å². The lowest BCUT2D eigenvalue weighted by atomic mass is 9.90. The van der Waals surface area contributed by atoms with Crippen LogP contribution in [0.5, 0.6) is 0 Å². The number of nitrogens with zero attached hydrogens (tertiary/aromatic N) is 2. The summed E-state index contributed by atoms with van der Waals surface area (Å²) in [6.45, 7) is 9.92. The van der Waals surface area contributed by atoms with E-state index < -0.39 is 0 Å². The smallest absolute Gasteiger partial charge is 0.282 e. The Hall–Kier alpha value is -2.30. The van der Waals surface area contributed by atoms with Crippen molar-refractivity contribution in [1.82, 2.24) is 4.90 Å². The first-order chi connectivity index (χ1) is 14.7. The molecule has 4 nitrogen and oxygen atoms in total. The molecule has 2 aliphatic rings. The summed E-state index contributed by atoms with van der Waals surface area (Å²) in [7, 11) is 0. The molecule has 6 heteroatoms. The van der Waals surface area contributed by atoms with Crippen LogP contribution in [0.3, 0.4) is 0 Å². The molecule has 162 valence electrons. The summed E-state index contributed by atoms with van der Waals surface area (Å²) in [5.41, 5.74) is 4.30. The first kappa shape index (κ1) is 21.9. The van der Waals surface area contributed by atoms with Crippen LogP contribution < -0.4 is 4.90 Å². The standard InChI is InChI=1S/C25H26Cl2N2O2/c1-14-7-15(2)13-28(12-14)23-22(18-6-5-16(3)17(4)8-18)24(30)29(25(23)31)21-10-19(26)9-20(27)11-21/h5-6,8-11,14-15H,7,12-13H2,1-4H3. The van der Waals surface area contributed by atoms with Crippen LogP contribution in [-0.2, 0) is 9.59 Å². The molecule has 2 atom stereocenters. The van der Waals surface area contributed by atoms with E-state index in [0.29, 0.717) is 38.8 Å². The summed E-state index contributed by atoms with van der Waals surface area (Å²) >= 11 is 12.4. The van der Waals surface area contributed by atoms with Gasteiger partial charge in [0.1, 0.15) is 5.70 Å². The number of piperidine rings is 1. The molecule has 0 radical (unpaired) electrons. The Morgan fingerprint density at radius 2 is 1.45 bits per heavy atom. The second kappa shape index (κ2) is 8.33. The van der Waals surface area contributed by atoms with E-state index in [1.54, 1.807) is 18.2 Å². The molecule has 0 spiro atoms. The second-order valence-electron chi connectivity index (χ2n) is 8.95. The normalized spacial score (nSPS) is 22.0. The third-order valence-electron chi connectivity index (χ3n) is 6.15. The lowest BCUT2D eigenvalue weighted by molar-refractivity contribution is -0.120. The minimum absolute atomic E-state index is 0.321. The minimum Gasteiger partial charge on any atom is -0.366 e. The van der Waals surface area contributed by atoms with Gasteiger partial charge in [0.2, 0.25) is 0 Å². The zero-order valence-corrected chi connectivity index (χ0v) is 19.7. The molecular weight excluding hydrogens is 431 g/mol. The van der Waals surface area contributed by atoms with Crippen molar-refractivity contribution in [3.8, 4) is 0 Å². The number of hydrogen-bond donors (Lipinski definition) is 0. The fourth-order valence-electron chi connectivity index (χ4n) is 4.72. The van der Waals surface area contributed by atoms with Crippen molar-refractivity contribution in [2.24, 2.45) is 11.8 Å². The molecule has 4 rings (SSSR count). The molecule has 1 fully saturated rings. The quantitative estimate of drug-likeness (QED) is 0.541. The van der Waals surface area contributed by atoms with Gasteiger partial charge in [-0.3, -0.25) is 9.59 Å². The van der Waals surface area contributed by atoms with Gasteiger partial charge in [-0.15, -0.1) is 0 Å². The van der Waals surface area contributed by atoms with Gasteiger partial charge in [0.25, 0.3) is 11.8 Å². The predicted octanol–water partition coefficient (Wildman–Crippen LogP) is 5.87. The molecule has 0 aromatic heterocycles. The highest BCUT2D eigenvalue weighted by Crippen LogP contribution is 2.39. The van der Waals surface area contributed by atoms with Crippen molar-refractivity contribution in [3.63, 3.8) is 0 Å². The van der Waals surface area contributed by atoms with Gasteiger partial charge in [-0.25, -0.2) is 4.90 Å². The van der Waals surface area contributed by atoms with E-state index in [4.69, 9.17) is 23.2 Å². The Kier molecular flexibility index (Phi) is 5.89. The number of anilines is 1. The predicted molar refractivity (Wildman–Crippen MR) is 126 cm³/mol. The fraction of sp³-hybridized carbons (Fsp3) is 0.360. The first-order valence-corrected chi connectivity index (χ1v) is 11.3. The van der Waals surface area contributed by atoms with Crippen molar-refractivity contribution in [2.75, 3.05) is 18.0 Å². The second-order valence-corrected chi connectivity index (χ2v) is 9.82. The summed E-state index contributed by atoms with van der Waals surface area (Å²) in [5.74, 6) is 0.218. The fourth-order valence-corrected chi connectivity index (χ4v) is 5.23. The van der Waals surface area contributed by atoms with Crippen LogP contribution in [-0.4, -0.2) is 29.8 Å². The van der Waals surface area contributed by atoms with Crippen LogP contribution in [0.25, 0.3) is 5.57 Å². The van der Waals surface area contributed by atoms with Gasteiger partial charge in [0.05, 0.1) is 11.3 Å². The summed E-state index contributed by atoms with van der Waals surface area (Å²) in [4.78, 5) is 30.7. The zero-order valence-electron chi connectivity index (χ0n) is 18.2. The summed E-state index contributed by atoms with van der Waals surface area (Å²) < 4.78 is 0. The molecule has 1 saturated heterocycles. The molecule has 2 unspecified atom stereocenters. The van der Waals surface area contributed by atoms with E-state index in [1.165, 1.54) is 4.90 Å². The highest BCUT2D eigenvalue weighted by Gasteiger charge is 2.43. The molecular formula is C25H26Cl2N2O2. The van der Waals surface area contributed by atoms with Gasteiger partial charge >= 0.3 is 0 Å². The van der Waals surface area contributed by atoms with E-state index in [-0.39, 0.29) is 11.8 Å². The molecule has 0 N–H and O–H groups in total. The number of halogens is 2. The number of aryl methyl sites for hydroxylation is 2. The average Bonchev–Trinajstić information content (AvgIpc) is 2.92. The number of amides is 2. The Balaban J connectivity index is 1.87. The Morgan fingerprint density at radius 3 is 2.03 bits per heavy atom. The maximum Gasteiger partial charge on any atom is 0.282 e. The van der Waals surface area contributed by atoms with E-state index in [1.807, 2.05) is 32.0 Å². The van der Waals surface area contributed by atoms with Crippen LogP contribution in [0.1, 0.15) is 37.0 Å². The highest BCUT2D eigenvalue weighted by atomic mass is 35.5. The molecule has 2 aliphatic heterocycles. The summed E-state index contributed by atoms with van der Waals surface area (Å²) in [6.07, 6.45) is 1.11. The molecule has 0 aliphatic carbocycles. The van der Waals surface area contributed by atoms with Gasteiger partial charge in [0.15, 0.2) is 0 Å². The molecule has 2 amide bonds. The van der Waals surface area contributed by atoms with E-state index in [9.17, 15) is 9.59 Å². The third kappa shape index (κ3) is 4.11. The minimum atomic E-state index is -0.340. The highest BCUT2D eigenvalue weighted by molar-refractivity contribution is 6.46. The number of hydrogen-bond acceptors (Lipinski definition) is 3. The Morgan fingerprint density at radius 1 is 0.839 bits per heavy atom.